The summed E-state index contributed by atoms with van der Waals surface area (Å²) < 4.78 is 5.28. The number of piperidine rings is 1. The summed E-state index contributed by atoms with van der Waals surface area (Å²) >= 11 is 0. The second-order valence-electron chi connectivity index (χ2n) is 6.16. The SMILES string of the molecule is COc1ccccc1C=CC(=O)Nc1ccc(N2CCCCC2)cc1. The van der Waals surface area contributed by atoms with E-state index >= 15 is 0 Å². The number of carbonyl (C=O) groups is 1. The zero-order valence-corrected chi connectivity index (χ0v) is 14.6. The molecule has 2 aromatic carbocycles. The fourth-order valence-corrected chi connectivity index (χ4v) is 3.06. The number of carbonyl (C=O) groups excluding carboxylic acids is 1. The summed E-state index contributed by atoms with van der Waals surface area (Å²) in [6, 6.07) is 15.7. The highest BCUT2D eigenvalue weighted by atomic mass is 16.5. The molecule has 4 heteroatoms. The third kappa shape index (κ3) is 4.63. The molecule has 0 bridgehead atoms. The van der Waals surface area contributed by atoms with E-state index in [1.807, 2.05) is 36.4 Å². The molecule has 2 aromatic rings. The number of amides is 1. The lowest BCUT2D eigenvalue weighted by Gasteiger charge is -2.28. The molecule has 4 nitrogen and oxygen atoms in total. The normalized spacial score (nSPS) is 14.5. The third-order valence-electron chi connectivity index (χ3n) is 4.41. The standard InChI is InChI=1S/C21H24N2O2/c1-25-20-8-4-3-7-17(20)9-14-21(24)22-18-10-12-19(13-11-18)23-15-5-2-6-16-23/h3-4,7-14H,2,5-6,15-16H2,1H3,(H,22,24). The minimum absolute atomic E-state index is 0.156. The van der Waals surface area contributed by atoms with Crippen molar-refractivity contribution in [3.05, 3.63) is 60.2 Å². The highest BCUT2D eigenvalue weighted by molar-refractivity contribution is 6.02. The van der Waals surface area contributed by atoms with Gasteiger partial charge in [-0.25, -0.2) is 0 Å². The van der Waals surface area contributed by atoms with Gasteiger partial charge in [0.25, 0.3) is 0 Å². The molecule has 0 atom stereocenters. The van der Waals surface area contributed by atoms with Crippen LogP contribution in [0.25, 0.3) is 6.08 Å². The monoisotopic (exact) mass is 336 g/mol. The summed E-state index contributed by atoms with van der Waals surface area (Å²) in [6.07, 6.45) is 7.12. The maximum Gasteiger partial charge on any atom is 0.248 e. The molecule has 0 spiro atoms. The molecule has 0 saturated carbocycles. The molecule has 1 saturated heterocycles. The van der Waals surface area contributed by atoms with Gasteiger partial charge >= 0.3 is 0 Å². The van der Waals surface area contributed by atoms with Gasteiger partial charge in [0, 0.05) is 36.1 Å². The zero-order valence-electron chi connectivity index (χ0n) is 14.6. The van der Waals surface area contributed by atoms with Gasteiger partial charge in [-0.1, -0.05) is 18.2 Å². The predicted molar refractivity (Wildman–Crippen MR) is 103 cm³/mol. The number of para-hydroxylation sites is 1. The van der Waals surface area contributed by atoms with E-state index < -0.39 is 0 Å². The van der Waals surface area contributed by atoms with Crippen LogP contribution in [0.15, 0.2) is 54.6 Å². The molecule has 1 amide bonds. The number of methoxy groups -OCH3 is 1. The number of anilines is 2. The summed E-state index contributed by atoms with van der Waals surface area (Å²) in [5.74, 6) is 0.592. The van der Waals surface area contributed by atoms with Crippen LogP contribution in [0.4, 0.5) is 11.4 Å². The fourth-order valence-electron chi connectivity index (χ4n) is 3.06. The molecule has 3 rings (SSSR count). The Bertz CT molecular complexity index is 732. The van der Waals surface area contributed by atoms with E-state index in [0.29, 0.717) is 0 Å². The van der Waals surface area contributed by atoms with Gasteiger partial charge in [0.15, 0.2) is 0 Å². The summed E-state index contributed by atoms with van der Waals surface area (Å²) in [7, 11) is 1.62. The van der Waals surface area contributed by atoms with Crippen molar-refractivity contribution in [3.63, 3.8) is 0 Å². The molecule has 130 valence electrons. The summed E-state index contributed by atoms with van der Waals surface area (Å²) in [5.41, 5.74) is 2.90. The smallest absolute Gasteiger partial charge is 0.248 e. The Kier molecular flexibility index (Phi) is 5.73. The molecule has 1 N–H and O–H groups in total. The van der Waals surface area contributed by atoms with Crippen LogP contribution in [-0.4, -0.2) is 26.1 Å². The van der Waals surface area contributed by atoms with E-state index in [2.05, 4.69) is 22.3 Å². The van der Waals surface area contributed by atoms with Crippen molar-refractivity contribution in [3.8, 4) is 5.75 Å². The number of hydrogen-bond donors (Lipinski definition) is 1. The maximum atomic E-state index is 12.1. The van der Waals surface area contributed by atoms with Crippen molar-refractivity contribution in [2.24, 2.45) is 0 Å². The first-order chi connectivity index (χ1) is 12.3. The van der Waals surface area contributed by atoms with E-state index in [4.69, 9.17) is 4.74 Å². The van der Waals surface area contributed by atoms with Gasteiger partial charge in [0.2, 0.25) is 5.91 Å². The Hall–Kier alpha value is -2.75. The van der Waals surface area contributed by atoms with Crippen LogP contribution in [0.3, 0.4) is 0 Å². The molecule has 0 aromatic heterocycles. The second-order valence-corrected chi connectivity index (χ2v) is 6.16. The van der Waals surface area contributed by atoms with Crippen LogP contribution in [0.1, 0.15) is 24.8 Å². The number of hydrogen-bond acceptors (Lipinski definition) is 3. The molecule has 1 heterocycles. The van der Waals surface area contributed by atoms with Gasteiger partial charge < -0.3 is 15.0 Å². The average Bonchev–Trinajstić information content (AvgIpc) is 2.68. The first kappa shape index (κ1) is 17.1. The van der Waals surface area contributed by atoms with E-state index in [-0.39, 0.29) is 5.91 Å². The highest BCUT2D eigenvalue weighted by Gasteiger charge is 2.10. The molecule has 0 aliphatic carbocycles. The van der Waals surface area contributed by atoms with Gasteiger partial charge in [0.05, 0.1) is 7.11 Å². The van der Waals surface area contributed by atoms with Crippen LogP contribution in [-0.2, 0) is 4.79 Å². The second kappa shape index (κ2) is 8.38. The number of nitrogens with zero attached hydrogens (tertiary/aromatic N) is 1. The van der Waals surface area contributed by atoms with Gasteiger partial charge in [-0.3, -0.25) is 4.79 Å². The van der Waals surface area contributed by atoms with Crippen molar-refractivity contribution in [1.82, 2.24) is 0 Å². The van der Waals surface area contributed by atoms with E-state index in [0.717, 1.165) is 30.1 Å². The van der Waals surface area contributed by atoms with Crippen LogP contribution >= 0.6 is 0 Å². The molecule has 0 radical (unpaired) electrons. The minimum atomic E-state index is -0.156. The molecule has 0 unspecified atom stereocenters. The molecule has 1 aliphatic rings. The first-order valence-electron chi connectivity index (χ1n) is 8.73. The largest absolute Gasteiger partial charge is 0.496 e. The molecule has 25 heavy (non-hydrogen) atoms. The summed E-state index contributed by atoms with van der Waals surface area (Å²) in [5, 5.41) is 2.89. The Morgan fingerprint density at radius 1 is 1.04 bits per heavy atom. The van der Waals surface area contributed by atoms with Crippen molar-refractivity contribution >= 4 is 23.4 Å². The average molecular weight is 336 g/mol. The van der Waals surface area contributed by atoms with E-state index in [1.54, 1.807) is 13.2 Å². The van der Waals surface area contributed by atoms with Gasteiger partial charge in [-0.2, -0.15) is 0 Å². The lowest BCUT2D eigenvalue weighted by Crippen LogP contribution is -2.29. The zero-order chi connectivity index (χ0) is 17.5. The van der Waals surface area contributed by atoms with Crippen molar-refractivity contribution in [2.45, 2.75) is 19.3 Å². The third-order valence-corrected chi connectivity index (χ3v) is 4.41. The van der Waals surface area contributed by atoms with Gasteiger partial charge in [-0.15, -0.1) is 0 Å². The van der Waals surface area contributed by atoms with Crippen LogP contribution in [0, 0.1) is 0 Å². The Labute approximate surface area is 149 Å². The Morgan fingerprint density at radius 3 is 2.48 bits per heavy atom. The summed E-state index contributed by atoms with van der Waals surface area (Å²) in [6.45, 7) is 2.24. The Balaban J connectivity index is 1.60. The van der Waals surface area contributed by atoms with Crippen molar-refractivity contribution in [1.29, 1.82) is 0 Å². The number of nitrogens with one attached hydrogen (secondary N) is 1. The molecular formula is C21H24N2O2. The van der Waals surface area contributed by atoms with Gasteiger partial charge in [-0.05, 0) is 55.7 Å². The number of ether oxygens (including phenoxy) is 1. The van der Waals surface area contributed by atoms with Crippen molar-refractivity contribution in [2.75, 3.05) is 30.4 Å². The number of benzene rings is 2. The van der Waals surface area contributed by atoms with E-state index in [9.17, 15) is 4.79 Å². The number of rotatable bonds is 5. The summed E-state index contributed by atoms with van der Waals surface area (Å²) in [4.78, 5) is 14.5. The van der Waals surface area contributed by atoms with Gasteiger partial charge in [0.1, 0.15) is 5.75 Å². The quantitative estimate of drug-likeness (QED) is 0.826. The van der Waals surface area contributed by atoms with Crippen LogP contribution in [0.5, 0.6) is 5.75 Å². The van der Waals surface area contributed by atoms with E-state index in [1.165, 1.54) is 31.0 Å². The maximum absolute atomic E-state index is 12.1. The molecule has 1 aliphatic heterocycles. The molecule has 1 fully saturated rings. The fraction of sp³-hybridized carbons (Fsp3) is 0.286. The lowest BCUT2D eigenvalue weighted by atomic mass is 10.1. The topological polar surface area (TPSA) is 41.6 Å². The molecular weight excluding hydrogens is 312 g/mol. The minimum Gasteiger partial charge on any atom is -0.496 e. The Morgan fingerprint density at radius 2 is 1.76 bits per heavy atom. The highest BCUT2D eigenvalue weighted by Crippen LogP contribution is 2.22. The predicted octanol–water partition coefficient (Wildman–Crippen LogP) is 4.34. The van der Waals surface area contributed by atoms with Crippen LogP contribution in [0.2, 0.25) is 0 Å². The van der Waals surface area contributed by atoms with Crippen molar-refractivity contribution < 1.29 is 9.53 Å². The lowest BCUT2D eigenvalue weighted by molar-refractivity contribution is -0.111. The first-order valence-corrected chi connectivity index (χ1v) is 8.73. The van der Waals surface area contributed by atoms with Crippen LogP contribution < -0.4 is 15.0 Å².